The lowest BCUT2D eigenvalue weighted by molar-refractivity contribution is 0.0695. The van der Waals surface area contributed by atoms with Crippen LogP contribution in [0.1, 0.15) is 10.4 Å². The van der Waals surface area contributed by atoms with Gasteiger partial charge in [-0.25, -0.2) is 4.79 Å². The standard InChI is InChI=1S/C6H6N4O3S/c1-13-6-2(5(11)12)3(7)4(14-6)9-10-8/h7H2,1H3,(H,11,12). The van der Waals surface area contributed by atoms with Crippen molar-refractivity contribution in [3.8, 4) is 5.06 Å². The Labute approximate surface area is 82.3 Å². The Bertz CT molecular complexity index is 421. The molecule has 0 aromatic carbocycles. The monoisotopic (exact) mass is 214 g/mol. The number of carboxylic acid groups (broad SMARTS) is 1. The summed E-state index contributed by atoms with van der Waals surface area (Å²) in [5.74, 6) is -1.21. The van der Waals surface area contributed by atoms with Crippen molar-refractivity contribution in [1.29, 1.82) is 0 Å². The van der Waals surface area contributed by atoms with E-state index in [1.165, 1.54) is 7.11 Å². The number of nitrogens with zero attached hydrogens (tertiary/aromatic N) is 3. The molecule has 1 heterocycles. The first-order valence-electron chi connectivity index (χ1n) is 3.36. The summed E-state index contributed by atoms with van der Waals surface area (Å²) < 4.78 is 4.79. The number of carboxylic acids is 1. The van der Waals surface area contributed by atoms with Gasteiger partial charge in [-0.3, -0.25) is 0 Å². The van der Waals surface area contributed by atoms with Crippen LogP contribution in [0.5, 0.6) is 5.06 Å². The number of methoxy groups -OCH3 is 1. The van der Waals surface area contributed by atoms with Gasteiger partial charge in [0.1, 0.15) is 10.6 Å². The minimum absolute atomic E-state index is 0.0721. The van der Waals surface area contributed by atoms with Crippen molar-refractivity contribution in [2.45, 2.75) is 0 Å². The highest BCUT2D eigenvalue weighted by Gasteiger charge is 2.21. The fraction of sp³-hybridized carbons (Fsp3) is 0.167. The maximum Gasteiger partial charge on any atom is 0.342 e. The van der Waals surface area contributed by atoms with Crippen LogP contribution in [0.25, 0.3) is 10.4 Å². The highest BCUT2D eigenvalue weighted by molar-refractivity contribution is 7.18. The number of nitrogen functional groups attached to an aromatic ring is 1. The van der Waals surface area contributed by atoms with Gasteiger partial charge in [0, 0.05) is 4.91 Å². The van der Waals surface area contributed by atoms with Gasteiger partial charge in [-0.05, 0) is 10.6 Å². The molecule has 0 spiro atoms. The minimum Gasteiger partial charge on any atom is -0.486 e. The third-order valence-electron chi connectivity index (χ3n) is 1.43. The molecule has 0 aliphatic carbocycles. The molecule has 0 radical (unpaired) electrons. The van der Waals surface area contributed by atoms with Crippen LogP contribution >= 0.6 is 11.3 Å². The van der Waals surface area contributed by atoms with Crippen molar-refractivity contribution in [3.63, 3.8) is 0 Å². The summed E-state index contributed by atoms with van der Waals surface area (Å²) in [4.78, 5) is 13.3. The van der Waals surface area contributed by atoms with E-state index in [4.69, 9.17) is 21.1 Å². The van der Waals surface area contributed by atoms with Gasteiger partial charge < -0.3 is 15.6 Å². The molecule has 3 N–H and O–H groups in total. The average molecular weight is 214 g/mol. The molecule has 0 aliphatic heterocycles. The van der Waals surface area contributed by atoms with Crippen LogP contribution in [0.2, 0.25) is 0 Å². The largest absolute Gasteiger partial charge is 0.486 e. The Kier molecular flexibility index (Phi) is 2.80. The van der Waals surface area contributed by atoms with E-state index in [-0.39, 0.29) is 21.3 Å². The molecule has 0 atom stereocenters. The second-order valence-electron chi connectivity index (χ2n) is 2.18. The molecule has 7 nitrogen and oxygen atoms in total. The Balaban J connectivity index is 3.39. The van der Waals surface area contributed by atoms with Gasteiger partial charge in [-0.2, -0.15) is 0 Å². The first-order valence-corrected chi connectivity index (χ1v) is 4.18. The highest BCUT2D eigenvalue weighted by atomic mass is 32.1. The summed E-state index contributed by atoms with van der Waals surface area (Å²) in [6.07, 6.45) is 0. The predicted molar refractivity (Wildman–Crippen MR) is 51.0 cm³/mol. The van der Waals surface area contributed by atoms with Crippen molar-refractivity contribution in [2.24, 2.45) is 5.11 Å². The van der Waals surface area contributed by atoms with Crippen LogP contribution < -0.4 is 10.5 Å². The number of rotatable bonds is 3. The summed E-state index contributed by atoms with van der Waals surface area (Å²) in [7, 11) is 1.32. The number of nitrogens with two attached hydrogens (primary N) is 1. The van der Waals surface area contributed by atoms with Crippen LogP contribution in [0.4, 0.5) is 10.7 Å². The van der Waals surface area contributed by atoms with Gasteiger partial charge in [-0.1, -0.05) is 11.3 Å². The van der Waals surface area contributed by atoms with Gasteiger partial charge in [0.05, 0.1) is 12.8 Å². The SMILES string of the molecule is COc1sc(N=[N+]=[N-])c(N)c1C(=O)O. The number of anilines is 1. The van der Waals surface area contributed by atoms with Crippen molar-refractivity contribution in [2.75, 3.05) is 12.8 Å². The lowest BCUT2D eigenvalue weighted by atomic mass is 10.3. The summed E-state index contributed by atoms with van der Waals surface area (Å²) in [6.45, 7) is 0. The number of carbonyl (C=O) groups is 1. The Morgan fingerprint density at radius 2 is 2.43 bits per heavy atom. The lowest BCUT2D eigenvalue weighted by Crippen LogP contribution is -2.00. The maximum atomic E-state index is 10.7. The van der Waals surface area contributed by atoms with Crippen LogP contribution in [-0.4, -0.2) is 18.2 Å². The molecule has 0 bridgehead atoms. The van der Waals surface area contributed by atoms with Gasteiger partial charge in [0.15, 0.2) is 5.06 Å². The molecule has 1 aromatic rings. The van der Waals surface area contributed by atoms with Crippen LogP contribution in [0, 0.1) is 0 Å². The zero-order valence-electron chi connectivity index (χ0n) is 7.09. The zero-order valence-corrected chi connectivity index (χ0v) is 7.91. The quantitative estimate of drug-likeness (QED) is 0.453. The van der Waals surface area contributed by atoms with E-state index in [2.05, 4.69) is 10.0 Å². The van der Waals surface area contributed by atoms with Crippen LogP contribution in [0.3, 0.4) is 0 Å². The molecule has 0 unspecified atom stereocenters. The van der Waals surface area contributed by atoms with E-state index in [0.717, 1.165) is 11.3 Å². The molecular weight excluding hydrogens is 208 g/mol. The van der Waals surface area contributed by atoms with E-state index < -0.39 is 5.97 Å². The molecule has 0 saturated carbocycles. The Hall–Kier alpha value is -1.92. The van der Waals surface area contributed by atoms with E-state index in [1.807, 2.05) is 0 Å². The first-order chi connectivity index (χ1) is 6.61. The number of azide groups is 1. The number of hydrogen-bond acceptors (Lipinski definition) is 5. The topological polar surface area (TPSA) is 121 Å². The fourth-order valence-electron chi connectivity index (χ4n) is 0.872. The molecule has 1 rings (SSSR count). The molecule has 14 heavy (non-hydrogen) atoms. The smallest absolute Gasteiger partial charge is 0.342 e. The van der Waals surface area contributed by atoms with Crippen molar-refractivity contribution < 1.29 is 14.6 Å². The van der Waals surface area contributed by atoms with Crippen molar-refractivity contribution >= 4 is 28.0 Å². The fourth-order valence-corrected chi connectivity index (χ4v) is 1.72. The van der Waals surface area contributed by atoms with Crippen molar-refractivity contribution in [1.82, 2.24) is 0 Å². The average Bonchev–Trinajstić information content (AvgIpc) is 2.44. The predicted octanol–water partition coefficient (Wildman–Crippen LogP) is 1.98. The van der Waals surface area contributed by atoms with E-state index in [1.54, 1.807) is 0 Å². The van der Waals surface area contributed by atoms with Gasteiger partial charge in [0.2, 0.25) is 0 Å². The summed E-state index contributed by atoms with van der Waals surface area (Å²) in [5.41, 5.74) is 13.4. The number of thiophene rings is 1. The molecule has 0 fully saturated rings. The normalized spacial score (nSPS) is 9.21. The number of aromatic carboxylic acids is 1. The Morgan fingerprint density at radius 1 is 1.79 bits per heavy atom. The summed E-state index contributed by atoms with van der Waals surface area (Å²) >= 11 is 0.891. The van der Waals surface area contributed by atoms with Gasteiger partial charge in [-0.15, -0.1) is 0 Å². The van der Waals surface area contributed by atoms with Crippen LogP contribution in [-0.2, 0) is 0 Å². The second-order valence-corrected chi connectivity index (χ2v) is 3.14. The maximum absolute atomic E-state index is 10.7. The Morgan fingerprint density at radius 3 is 2.79 bits per heavy atom. The lowest BCUT2D eigenvalue weighted by Gasteiger charge is -1.96. The zero-order chi connectivity index (χ0) is 10.7. The third-order valence-corrected chi connectivity index (χ3v) is 2.48. The molecule has 0 aliphatic rings. The number of hydrogen-bond donors (Lipinski definition) is 2. The van der Waals surface area contributed by atoms with Gasteiger partial charge in [0.25, 0.3) is 0 Å². The molecule has 0 saturated heterocycles. The third kappa shape index (κ3) is 1.56. The minimum atomic E-state index is -1.21. The highest BCUT2D eigenvalue weighted by Crippen LogP contribution is 2.43. The summed E-state index contributed by atoms with van der Waals surface area (Å²) in [5, 5.41) is 12.2. The van der Waals surface area contributed by atoms with E-state index >= 15 is 0 Å². The molecule has 0 amide bonds. The molecule has 1 aromatic heterocycles. The second kappa shape index (κ2) is 3.86. The van der Waals surface area contributed by atoms with Gasteiger partial charge >= 0.3 is 5.97 Å². The molecule has 8 heteroatoms. The molecular formula is C6H6N4O3S. The van der Waals surface area contributed by atoms with Crippen LogP contribution in [0.15, 0.2) is 5.11 Å². The molecule has 74 valence electrons. The van der Waals surface area contributed by atoms with Crippen molar-refractivity contribution in [3.05, 3.63) is 16.0 Å². The first kappa shape index (κ1) is 10.2. The summed E-state index contributed by atoms with van der Waals surface area (Å²) in [6, 6.07) is 0. The van der Waals surface area contributed by atoms with E-state index in [9.17, 15) is 4.79 Å². The number of ether oxygens (including phenoxy) is 1. The van der Waals surface area contributed by atoms with E-state index in [0.29, 0.717) is 0 Å².